The molecule has 6 heteroatoms. The van der Waals surface area contributed by atoms with E-state index in [9.17, 15) is 4.79 Å². The van der Waals surface area contributed by atoms with Crippen LogP contribution in [0.2, 0.25) is 5.02 Å². The number of aliphatic imine (C=N–C) groups is 1. The molecule has 1 aromatic carbocycles. The molecule has 1 heterocycles. The van der Waals surface area contributed by atoms with E-state index in [1.54, 1.807) is 19.1 Å². The molecule has 0 aliphatic carbocycles. The largest absolute Gasteiger partial charge is 0.481 e. The third-order valence-electron chi connectivity index (χ3n) is 3.56. The monoisotopic (exact) mass is 312 g/mol. The summed E-state index contributed by atoms with van der Waals surface area (Å²) in [5.41, 5.74) is 0.819. The number of hydrogen-bond acceptors (Lipinski definition) is 3. The van der Waals surface area contributed by atoms with Crippen LogP contribution >= 0.6 is 23.4 Å². The molecule has 2 rings (SSSR count). The highest BCUT2D eigenvalue weighted by atomic mass is 35.5. The number of rotatable bonds is 3. The van der Waals surface area contributed by atoms with Gasteiger partial charge in [-0.2, -0.15) is 0 Å². The van der Waals surface area contributed by atoms with E-state index in [0.29, 0.717) is 5.02 Å². The van der Waals surface area contributed by atoms with Crippen LogP contribution < -0.4 is 0 Å². The lowest BCUT2D eigenvalue weighted by molar-refractivity contribution is -0.141. The Kier molecular flexibility index (Phi) is 4.60. The Morgan fingerprint density at radius 3 is 2.60 bits per heavy atom. The van der Waals surface area contributed by atoms with Crippen LogP contribution in [0.1, 0.15) is 13.8 Å². The highest BCUT2D eigenvalue weighted by Crippen LogP contribution is 2.36. The molecule has 1 aromatic rings. The second-order valence-corrected chi connectivity index (χ2v) is 6.51. The first-order valence-electron chi connectivity index (χ1n) is 6.36. The lowest BCUT2D eigenvalue weighted by atomic mass is 10.0. The molecule has 3 atom stereocenters. The molecule has 0 radical (unpaired) electrons. The number of carboxylic acid groups (broad SMARTS) is 1. The predicted molar refractivity (Wildman–Crippen MR) is 84.0 cm³/mol. The van der Waals surface area contributed by atoms with E-state index in [2.05, 4.69) is 4.99 Å². The van der Waals surface area contributed by atoms with Gasteiger partial charge in [0.25, 0.3) is 0 Å². The Hall–Kier alpha value is -1.20. The van der Waals surface area contributed by atoms with Gasteiger partial charge in [-0.1, -0.05) is 30.3 Å². The summed E-state index contributed by atoms with van der Waals surface area (Å²) in [6.07, 6.45) is 0. The number of carbonyl (C=O) groups is 1. The van der Waals surface area contributed by atoms with Crippen LogP contribution in [0.25, 0.3) is 0 Å². The summed E-state index contributed by atoms with van der Waals surface area (Å²) in [5.74, 6) is -1.18. The Balaban J connectivity index is 2.21. The topological polar surface area (TPSA) is 52.9 Å². The van der Waals surface area contributed by atoms with Gasteiger partial charge in [-0.3, -0.25) is 4.79 Å². The van der Waals surface area contributed by atoms with Crippen LogP contribution in [0, 0.1) is 5.92 Å². The van der Waals surface area contributed by atoms with E-state index < -0.39 is 11.9 Å². The van der Waals surface area contributed by atoms with Crippen molar-refractivity contribution in [2.75, 3.05) is 7.05 Å². The van der Waals surface area contributed by atoms with E-state index in [0.717, 1.165) is 10.9 Å². The highest BCUT2D eigenvalue weighted by molar-refractivity contribution is 8.14. The van der Waals surface area contributed by atoms with Crippen molar-refractivity contribution in [2.24, 2.45) is 10.9 Å². The van der Waals surface area contributed by atoms with Gasteiger partial charge in [0.05, 0.1) is 11.6 Å². The zero-order chi connectivity index (χ0) is 14.9. The molecule has 20 heavy (non-hydrogen) atoms. The second kappa shape index (κ2) is 6.06. The number of benzene rings is 1. The van der Waals surface area contributed by atoms with Crippen molar-refractivity contribution in [3.63, 3.8) is 0 Å². The van der Waals surface area contributed by atoms with Gasteiger partial charge in [-0.05, 0) is 31.2 Å². The van der Waals surface area contributed by atoms with Crippen molar-refractivity contribution in [2.45, 2.75) is 25.1 Å². The first kappa shape index (κ1) is 15.2. The number of hydrogen-bond donors (Lipinski definition) is 1. The van der Waals surface area contributed by atoms with Gasteiger partial charge in [-0.25, -0.2) is 4.99 Å². The number of halogens is 1. The Bertz CT molecular complexity index is 532. The first-order valence-corrected chi connectivity index (χ1v) is 7.62. The molecule has 1 saturated heterocycles. The minimum atomic E-state index is -0.768. The lowest BCUT2D eigenvalue weighted by Gasteiger charge is -2.22. The number of aliphatic carboxylic acids is 1. The molecule has 4 nitrogen and oxygen atoms in total. The van der Waals surface area contributed by atoms with Gasteiger partial charge < -0.3 is 10.0 Å². The van der Waals surface area contributed by atoms with Gasteiger partial charge in [0.1, 0.15) is 0 Å². The minimum Gasteiger partial charge on any atom is -0.481 e. The van der Waals surface area contributed by atoms with Crippen LogP contribution in [0.3, 0.4) is 0 Å². The molecule has 1 aliphatic heterocycles. The average Bonchev–Trinajstić information content (AvgIpc) is 2.69. The molecular weight excluding hydrogens is 296 g/mol. The third kappa shape index (κ3) is 3.10. The van der Waals surface area contributed by atoms with E-state index in [-0.39, 0.29) is 11.3 Å². The molecule has 3 unspecified atom stereocenters. The molecule has 1 fully saturated rings. The predicted octanol–water partition coefficient (Wildman–Crippen LogP) is 3.48. The summed E-state index contributed by atoms with van der Waals surface area (Å²) in [6, 6.07) is 7.42. The zero-order valence-corrected chi connectivity index (χ0v) is 13.1. The van der Waals surface area contributed by atoms with Gasteiger partial charge >= 0.3 is 5.97 Å². The number of nitrogens with zero attached hydrogens (tertiary/aromatic N) is 2. The fourth-order valence-corrected chi connectivity index (χ4v) is 3.65. The SMILES string of the molecule is CC(C(=O)O)C1SC(=Nc2ccc(Cl)cc2)N(C)C1C. The lowest BCUT2D eigenvalue weighted by Crippen LogP contribution is -2.36. The fraction of sp³-hybridized carbons (Fsp3) is 0.429. The summed E-state index contributed by atoms with van der Waals surface area (Å²) in [4.78, 5) is 17.8. The maximum absolute atomic E-state index is 11.2. The van der Waals surface area contributed by atoms with Crippen molar-refractivity contribution in [1.29, 1.82) is 0 Å². The Morgan fingerprint density at radius 2 is 2.05 bits per heavy atom. The van der Waals surface area contributed by atoms with Gasteiger partial charge in [-0.15, -0.1) is 0 Å². The third-order valence-corrected chi connectivity index (χ3v) is 5.48. The first-order chi connectivity index (χ1) is 9.40. The van der Waals surface area contributed by atoms with Crippen molar-refractivity contribution in [3.05, 3.63) is 29.3 Å². The van der Waals surface area contributed by atoms with Gasteiger partial charge in [0, 0.05) is 23.4 Å². The van der Waals surface area contributed by atoms with Crippen molar-refractivity contribution in [1.82, 2.24) is 4.90 Å². The highest BCUT2D eigenvalue weighted by Gasteiger charge is 2.39. The molecule has 0 amide bonds. The molecule has 108 valence electrons. The summed E-state index contributed by atoms with van der Waals surface area (Å²) in [7, 11) is 1.95. The molecular formula is C14H17ClN2O2S. The van der Waals surface area contributed by atoms with Gasteiger partial charge in [0.2, 0.25) is 0 Å². The molecule has 1 N–H and O–H groups in total. The van der Waals surface area contributed by atoms with Crippen LogP contribution in [0.15, 0.2) is 29.3 Å². The standard InChI is InChI=1S/C14H17ClN2O2S/c1-8(13(18)19)12-9(2)17(3)14(20-12)16-11-6-4-10(15)5-7-11/h4-9,12H,1-3H3,(H,18,19). The van der Waals surface area contributed by atoms with E-state index in [1.807, 2.05) is 31.0 Å². The van der Waals surface area contributed by atoms with Crippen LogP contribution in [-0.4, -0.2) is 39.5 Å². The number of carboxylic acids is 1. The molecule has 0 saturated carbocycles. The van der Waals surface area contributed by atoms with Crippen LogP contribution in [-0.2, 0) is 4.79 Å². The molecule has 1 aliphatic rings. The summed E-state index contributed by atoms with van der Waals surface area (Å²) >= 11 is 7.37. The number of amidine groups is 1. The van der Waals surface area contributed by atoms with Gasteiger partial charge in [0.15, 0.2) is 5.17 Å². The quantitative estimate of drug-likeness (QED) is 0.928. The minimum absolute atomic E-state index is 0.00329. The molecule has 0 bridgehead atoms. The smallest absolute Gasteiger partial charge is 0.307 e. The number of thioether (sulfide) groups is 1. The second-order valence-electron chi connectivity index (χ2n) is 4.93. The summed E-state index contributed by atoms with van der Waals surface area (Å²) in [5, 5.41) is 10.7. The summed E-state index contributed by atoms with van der Waals surface area (Å²) in [6.45, 7) is 3.77. The van der Waals surface area contributed by atoms with Crippen LogP contribution in [0.5, 0.6) is 0 Å². The van der Waals surface area contributed by atoms with E-state index >= 15 is 0 Å². The molecule has 0 spiro atoms. The molecule has 0 aromatic heterocycles. The van der Waals surface area contributed by atoms with E-state index in [1.165, 1.54) is 11.8 Å². The van der Waals surface area contributed by atoms with Crippen LogP contribution in [0.4, 0.5) is 5.69 Å². The van der Waals surface area contributed by atoms with Crippen molar-refractivity contribution >= 4 is 40.2 Å². The van der Waals surface area contributed by atoms with Crippen molar-refractivity contribution < 1.29 is 9.90 Å². The van der Waals surface area contributed by atoms with E-state index in [4.69, 9.17) is 16.7 Å². The Labute approximate surface area is 127 Å². The Morgan fingerprint density at radius 1 is 1.45 bits per heavy atom. The maximum atomic E-state index is 11.2. The van der Waals surface area contributed by atoms with Crippen molar-refractivity contribution in [3.8, 4) is 0 Å². The normalized spacial score (nSPS) is 26.0. The fourth-order valence-electron chi connectivity index (χ4n) is 2.09. The zero-order valence-electron chi connectivity index (χ0n) is 11.6. The summed E-state index contributed by atoms with van der Waals surface area (Å²) < 4.78 is 0. The average molecular weight is 313 g/mol. The maximum Gasteiger partial charge on any atom is 0.307 e.